The normalized spacial score (nSPS) is 10.2. The average molecular weight is 387 g/mol. The number of rotatable bonds is 4. The number of anilines is 1. The Hall–Kier alpha value is -3.90. The van der Waals surface area contributed by atoms with Gasteiger partial charge in [-0.25, -0.2) is 14.6 Å². The molecule has 1 N–H and O–H groups in total. The van der Waals surface area contributed by atoms with Crippen molar-refractivity contribution >= 4 is 22.4 Å². The van der Waals surface area contributed by atoms with Gasteiger partial charge < -0.3 is 0 Å². The Balaban J connectivity index is 1.55. The van der Waals surface area contributed by atoms with Crippen LogP contribution in [-0.4, -0.2) is 35.9 Å². The molecule has 0 aliphatic rings. The monoisotopic (exact) mass is 387 g/mol. The fourth-order valence-corrected chi connectivity index (χ4v) is 3.15. The van der Waals surface area contributed by atoms with Crippen LogP contribution in [0.15, 0.2) is 54.3 Å². The van der Waals surface area contributed by atoms with Gasteiger partial charge in [-0.05, 0) is 37.1 Å². The van der Waals surface area contributed by atoms with E-state index >= 15 is 0 Å². The van der Waals surface area contributed by atoms with Crippen molar-refractivity contribution in [1.82, 2.24) is 29.9 Å². The number of nitrogens with zero attached hydrogens (tertiary/aromatic N) is 6. The summed E-state index contributed by atoms with van der Waals surface area (Å²) in [6.07, 6.45) is 4.64. The summed E-state index contributed by atoms with van der Waals surface area (Å²) in [4.78, 5) is 25.5. The Labute approximate surface area is 164 Å². The highest BCUT2D eigenvalue weighted by molar-refractivity contribution is 7.14. The van der Waals surface area contributed by atoms with Crippen molar-refractivity contribution in [2.24, 2.45) is 0 Å². The van der Waals surface area contributed by atoms with Gasteiger partial charge in [0.15, 0.2) is 10.8 Å². The van der Waals surface area contributed by atoms with E-state index in [1.807, 2.05) is 23.6 Å². The number of hydrogen-bond acceptors (Lipinski definition) is 7. The zero-order valence-corrected chi connectivity index (χ0v) is 15.5. The fourth-order valence-electron chi connectivity index (χ4n) is 2.45. The van der Waals surface area contributed by atoms with Crippen LogP contribution in [0.2, 0.25) is 0 Å². The molecule has 0 bridgehead atoms. The Morgan fingerprint density at radius 1 is 1.14 bits per heavy atom. The summed E-state index contributed by atoms with van der Waals surface area (Å²) in [7, 11) is 0. The molecule has 1 amide bonds. The first-order valence-electron chi connectivity index (χ1n) is 8.23. The van der Waals surface area contributed by atoms with Crippen LogP contribution in [0.4, 0.5) is 5.13 Å². The minimum Gasteiger partial charge on any atom is -0.296 e. The van der Waals surface area contributed by atoms with Crippen LogP contribution in [0.1, 0.15) is 23.1 Å². The highest BCUT2D eigenvalue weighted by Crippen LogP contribution is 2.24. The van der Waals surface area contributed by atoms with Gasteiger partial charge in [0, 0.05) is 17.8 Å². The lowest BCUT2D eigenvalue weighted by molar-refractivity contribution is 0.101. The summed E-state index contributed by atoms with van der Waals surface area (Å²) in [5, 5.41) is 12.9. The Bertz CT molecular complexity index is 1190. The minimum atomic E-state index is -0.360. The third-order valence-electron chi connectivity index (χ3n) is 3.68. The molecular formula is C19H13N7OS. The second-order valence-corrected chi connectivity index (χ2v) is 6.37. The molecule has 9 heteroatoms. The lowest BCUT2D eigenvalue weighted by Crippen LogP contribution is -2.16. The number of pyridine rings is 2. The van der Waals surface area contributed by atoms with Gasteiger partial charge in [0.2, 0.25) is 0 Å². The van der Waals surface area contributed by atoms with Gasteiger partial charge in [-0.1, -0.05) is 17.2 Å². The summed E-state index contributed by atoms with van der Waals surface area (Å²) >= 11 is 1.31. The van der Waals surface area contributed by atoms with Crippen molar-refractivity contribution < 1.29 is 4.79 Å². The van der Waals surface area contributed by atoms with Crippen molar-refractivity contribution in [1.29, 1.82) is 0 Å². The number of carbonyl (C=O) groups is 1. The van der Waals surface area contributed by atoms with E-state index in [9.17, 15) is 4.79 Å². The molecule has 0 fully saturated rings. The highest BCUT2D eigenvalue weighted by atomic mass is 32.1. The third kappa shape index (κ3) is 3.62. The van der Waals surface area contributed by atoms with Crippen molar-refractivity contribution in [3.8, 4) is 28.9 Å². The van der Waals surface area contributed by atoms with Gasteiger partial charge in [-0.3, -0.25) is 15.1 Å². The Morgan fingerprint density at radius 2 is 2.00 bits per heavy atom. The Morgan fingerprint density at radius 3 is 2.82 bits per heavy atom. The van der Waals surface area contributed by atoms with Crippen molar-refractivity contribution in [3.63, 3.8) is 0 Å². The molecule has 8 nitrogen and oxygen atoms in total. The van der Waals surface area contributed by atoms with Gasteiger partial charge in [-0.15, -0.1) is 16.4 Å². The van der Waals surface area contributed by atoms with E-state index in [1.54, 1.807) is 31.5 Å². The molecular weight excluding hydrogens is 374 g/mol. The maximum atomic E-state index is 12.7. The molecule has 0 atom stereocenters. The molecule has 4 rings (SSSR count). The molecule has 0 aliphatic heterocycles. The Kier molecular flexibility index (Phi) is 4.86. The molecule has 0 unspecified atom stereocenters. The molecule has 0 spiro atoms. The predicted molar refractivity (Wildman–Crippen MR) is 105 cm³/mol. The highest BCUT2D eigenvalue weighted by Gasteiger charge is 2.16. The number of amides is 1. The van der Waals surface area contributed by atoms with Crippen molar-refractivity contribution in [2.75, 3.05) is 5.32 Å². The molecule has 4 aromatic rings. The maximum absolute atomic E-state index is 12.7. The van der Waals surface area contributed by atoms with Gasteiger partial charge in [0.25, 0.3) is 5.91 Å². The molecule has 0 aromatic carbocycles. The maximum Gasteiger partial charge on any atom is 0.277 e. The second-order valence-electron chi connectivity index (χ2n) is 5.51. The van der Waals surface area contributed by atoms with Crippen molar-refractivity contribution in [2.45, 2.75) is 6.92 Å². The average Bonchev–Trinajstić information content (AvgIpc) is 3.39. The molecule has 136 valence electrons. The van der Waals surface area contributed by atoms with Crippen LogP contribution >= 0.6 is 11.3 Å². The van der Waals surface area contributed by atoms with E-state index in [-0.39, 0.29) is 5.91 Å². The van der Waals surface area contributed by atoms with E-state index in [4.69, 9.17) is 0 Å². The predicted octanol–water partition coefficient (Wildman–Crippen LogP) is 2.80. The van der Waals surface area contributed by atoms with E-state index in [2.05, 4.69) is 42.4 Å². The van der Waals surface area contributed by atoms with Crippen LogP contribution in [-0.2, 0) is 0 Å². The summed E-state index contributed by atoms with van der Waals surface area (Å²) in [6, 6.07) is 9.04. The number of nitrogens with one attached hydrogen (secondary N) is 1. The molecule has 4 aromatic heterocycles. The quantitative estimate of drug-likeness (QED) is 0.541. The fraction of sp³-hybridized carbons (Fsp3) is 0.0526. The van der Waals surface area contributed by atoms with Gasteiger partial charge in [-0.2, -0.15) is 0 Å². The first kappa shape index (κ1) is 17.5. The largest absolute Gasteiger partial charge is 0.296 e. The summed E-state index contributed by atoms with van der Waals surface area (Å²) < 4.78 is 1.44. The van der Waals surface area contributed by atoms with Crippen LogP contribution in [0, 0.1) is 11.8 Å². The van der Waals surface area contributed by atoms with Crippen molar-refractivity contribution in [3.05, 3.63) is 65.7 Å². The molecule has 0 saturated carbocycles. The lowest BCUT2D eigenvalue weighted by Gasteiger charge is -2.05. The van der Waals surface area contributed by atoms with E-state index in [1.165, 1.54) is 22.2 Å². The number of hydrogen-bond donors (Lipinski definition) is 1. The first-order chi connectivity index (χ1) is 13.7. The second kappa shape index (κ2) is 7.77. The van der Waals surface area contributed by atoms with E-state index in [0.717, 1.165) is 0 Å². The van der Waals surface area contributed by atoms with Gasteiger partial charge in [0.05, 0.1) is 17.6 Å². The van der Waals surface area contributed by atoms with Crippen LogP contribution < -0.4 is 5.32 Å². The zero-order chi connectivity index (χ0) is 19.3. The number of carbonyl (C=O) groups excluding carboxylic acids is 1. The minimum absolute atomic E-state index is 0.293. The van der Waals surface area contributed by atoms with E-state index in [0.29, 0.717) is 33.6 Å². The third-order valence-corrected chi connectivity index (χ3v) is 4.44. The summed E-state index contributed by atoms with van der Waals surface area (Å²) in [5.41, 5.74) is 3.02. The number of aromatic nitrogens is 6. The van der Waals surface area contributed by atoms with E-state index < -0.39 is 0 Å². The SMILES string of the molecule is CC#Cc1cccc(-c2csc(NC(=O)c3cnnn3-c3ccncc3)n2)n1. The standard InChI is InChI=1S/C19H13N7OS/c1-2-4-13-5-3-6-15(22-13)16-12-28-19(23-16)24-18(27)17-11-21-25-26(17)14-7-9-20-10-8-14/h3,5-12H,1H3,(H,23,24,27). The summed E-state index contributed by atoms with van der Waals surface area (Å²) in [5.74, 6) is 5.38. The lowest BCUT2D eigenvalue weighted by atomic mass is 10.2. The summed E-state index contributed by atoms with van der Waals surface area (Å²) in [6.45, 7) is 1.76. The molecule has 0 radical (unpaired) electrons. The van der Waals surface area contributed by atoms with Crippen LogP contribution in [0.5, 0.6) is 0 Å². The molecule has 0 saturated heterocycles. The van der Waals surface area contributed by atoms with Gasteiger partial charge >= 0.3 is 0 Å². The molecule has 28 heavy (non-hydrogen) atoms. The number of thiazole rings is 1. The topological polar surface area (TPSA) is 98.5 Å². The molecule has 4 heterocycles. The van der Waals surface area contributed by atoms with Gasteiger partial charge in [0.1, 0.15) is 11.4 Å². The van der Waals surface area contributed by atoms with Crippen LogP contribution in [0.3, 0.4) is 0 Å². The first-order valence-corrected chi connectivity index (χ1v) is 9.11. The molecule has 0 aliphatic carbocycles. The zero-order valence-electron chi connectivity index (χ0n) is 14.7. The smallest absolute Gasteiger partial charge is 0.277 e. The van der Waals surface area contributed by atoms with Crippen LogP contribution in [0.25, 0.3) is 17.1 Å².